The molecule has 0 saturated heterocycles. The van der Waals surface area contributed by atoms with Crippen LogP contribution in [0.5, 0.6) is 0 Å². The molecule has 0 aliphatic rings. The molecule has 0 aliphatic carbocycles. The van der Waals surface area contributed by atoms with E-state index in [1.807, 2.05) is 0 Å². The highest BCUT2D eigenvalue weighted by molar-refractivity contribution is 9.08. The maximum absolute atomic E-state index is 5.75. The summed E-state index contributed by atoms with van der Waals surface area (Å²) in [5, 5.41) is 1.35. The van der Waals surface area contributed by atoms with Crippen molar-refractivity contribution in [1.82, 2.24) is 4.98 Å². The monoisotopic (exact) mass is 220 g/mol. The Morgan fingerprint density at radius 3 is 2.90 bits per heavy atom. The summed E-state index contributed by atoms with van der Waals surface area (Å²) in [5.74, 6) is 0.499. The van der Waals surface area contributed by atoms with Gasteiger partial charge in [0.1, 0.15) is 5.82 Å². The van der Waals surface area contributed by atoms with Crippen molar-refractivity contribution in [3.8, 4) is 0 Å². The van der Waals surface area contributed by atoms with Gasteiger partial charge in [-0.15, -0.1) is 0 Å². The zero-order valence-electron chi connectivity index (χ0n) is 5.14. The summed E-state index contributed by atoms with van der Waals surface area (Å²) < 4.78 is 0. The summed E-state index contributed by atoms with van der Waals surface area (Å²) in [5.41, 5.74) is 6.38. The predicted molar refractivity (Wildman–Crippen MR) is 46.3 cm³/mol. The van der Waals surface area contributed by atoms with Gasteiger partial charge in [-0.1, -0.05) is 27.5 Å². The largest absolute Gasteiger partial charge is 0.384 e. The number of aromatic nitrogens is 1. The Morgan fingerprint density at radius 1 is 1.70 bits per heavy atom. The second kappa shape index (κ2) is 3.21. The maximum Gasteiger partial charge on any atom is 0.123 e. The highest BCUT2D eigenvalue weighted by atomic mass is 79.9. The van der Waals surface area contributed by atoms with Crippen LogP contribution in [0, 0.1) is 0 Å². The standard InChI is InChI=1S/C6H6BrClN2/c7-2-4-1-6(9)10-3-5(4)8/h1,3H,2H2,(H2,9,10). The normalized spacial score (nSPS) is 9.80. The topological polar surface area (TPSA) is 38.9 Å². The lowest BCUT2D eigenvalue weighted by molar-refractivity contribution is 1.29. The zero-order chi connectivity index (χ0) is 7.56. The van der Waals surface area contributed by atoms with Crippen LogP contribution in [0.1, 0.15) is 5.56 Å². The van der Waals surface area contributed by atoms with E-state index in [0.717, 1.165) is 5.56 Å². The first-order valence-electron chi connectivity index (χ1n) is 2.70. The van der Waals surface area contributed by atoms with Gasteiger partial charge < -0.3 is 5.73 Å². The molecule has 2 N–H and O–H groups in total. The fourth-order valence-electron chi connectivity index (χ4n) is 0.601. The Kier molecular flexibility index (Phi) is 2.51. The second-order valence-electron chi connectivity index (χ2n) is 1.83. The van der Waals surface area contributed by atoms with Crippen LogP contribution in [0.4, 0.5) is 5.82 Å². The molecule has 0 aliphatic heterocycles. The number of nitrogen functional groups attached to an aromatic ring is 1. The number of nitrogens with zero attached hydrogens (tertiary/aromatic N) is 1. The lowest BCUT2D eigenvalue weighted by Crippen LogP contribution is -1.91. The molecule has 0 saturated carbocycles. The average molecular weight is 221 g/mol. The molecule has 0 fully saturated rings. The van der Waals surface area contributed by atoms with Gasteiger partial charge in [0.2, 0.25) is 0 Å². The molecule has 0 radical (unpaired) electrons. The number of pyridine rings is 1. The van der Waals surface area contributed by atoms with Gasteiger partial charge >= 0.3 is 0 Å². The first-order chi connectivity index (χ1) is 4.74. The predicted octanol–water partition coefficient (Wildman–Crippen LogP) is 2.21. The van der Waals surface area contributed by atoms with Gasteiger partial charge in [0, 0.05) is 11.5 Å². The molecule has 1 rings (SSSR count). The Labute approximate surface area is 72.5 Å². The molecule has 4 heteroatoms. The quantitative estimate of drug-likeness (QED) is 0.739. The molecule has 0 amide bonds. The molecule has 0 atom stereocenters. The molecule has 1 aromatic rings. The molecule has 0 unspecified atom stereocenters. The number of alkyl halides is 1. The van der Waals surface area contributed by atoms with E-state index in [0.29, 0.717) is 16.2 Å². The van der Waals surface area contributed by atoms with E-state index >= 15 is 0 Å². The third-order valence-corrected chi connectivity index (χ3v) is 2.04. The number of anilines is 1. The number of nitrogens with two attached hydrogens (primary N) is 1. The minimum atomic E-state index is 0.499. The van der Waals surface area contributed by atoms with Crippen molar-refractivity contribution in [2.75, 3.05) is 5.73 Å². The van der Waals surface area contributed by atoms with Crippen molar-refractivity contribution >= 4 is 33.3 Å². The molecular weight excluding hydrogens is 215 g/mol. The number of hydrogen-bond donors (Lipinski definition) is 1. The third kappa shape index (κ3) is 1.61. The molecule has 2 nitrogen and oxygen atoms in total. The first kappa shape index (κ1) is 7.82. The number of hydrogen-bond acceptors (Lipinski definition) is 2. The highest BCUT2D eigenvalue weighted by Gasteiger charge is 1.98. The van der Waals surface area contributed by atoms with E-state index in [1.54, 1.807) is 12.3 Å². The molecule has 10 heavy (non-hydrogen) atoms. The van der Waals surface area contributed by atoms with Crippen LogP contribution in [-0.4, -0.2) is 4.98 Å². The molecule has 1 aromatic heterocycles. The fourth-order valence-corrected chi connectivity index (χ4v) is 1.40. The average Bonchev–Trinajstić information content (AvgIpc) is 1.94. The summed E-state index contributed by atoms with van der Waals surface area (Å²) in [4.78, 5) is 3.81. The van der Waals surface area contributed by atoms with Crippen LogP contribution >= 0.6 is 27.5 Å². The highest BCUT2D eigenvalue weighted by Crippen LogP contribution is 2.18. The molecule has 0 bridgehead atoms. The van der Waals surface area contributed by atoms with Crippen molar-refractivity contribution in [2.45, 2.75) is 5.33 Å². The number of halogens is 2. The SMILES string of the molecule is Nc1cc(CBr)c(Cl)cn1. The second-order valence-corrected chi connectivity index (χ2v) is 2.80. The first-order valence-corrected chi connectivity index (χ1v) is 4.20. The van der Waals surface area contributed by atoms with Gasteiger partial charge in [0.15, 0.2) is 0 Å². The van der Waals surface area contributed by atoms with Crippen molar-refractivity contribution in [2.24, 2.45) is 0 Å². The minimum Gasteiger partial charge on any atom is -0.384 e. The van der Waals surface area contributed by atoms with Gasteiger partial charge in [-0.25, -0.2) is 4.98 Å². The van der Waals surface area contributed by atoms with Crippen LogP contribution in [0.2, 0.25) is 5.02 Å². The van der Waals surface area contributed by atoms with Gasteiger partial charge in [-0.3, -0.25) is 0 Å². The van der Waals surface area contributed by atoms with Crippen LogP contribution in [0.15, 0.2) is 12.3 Å². The Hall–Kier alpha value is -0.280. The van der Waals surface area contributed by atoms with Crippen molar-refractivity contribution in [1.29, 1.82) is 0 Å². The van der Waals surface area contributed by atoms with Crippen LogP contribution < -0.4 is 5.73 Å². The maximum atomic E-state index is 5.75. The lowest BCUT2D eigenvalue weighted by atomic mass is 10.3. The van der Waals surface area contributed by atoms with Crippen molar-refractivity contribution in [3.63, 3.8) is 0 Å². The summed E-state index contributed by atoms with van der Waals surface area (Å²) in [7, 11) is 0. The van der Waals surface area contributed by atoms with E-state index in [2.05, 4.69) is 20.9 Å². The van der Waals surface area contributed by atoms with E-state index in [9.17, 15) is 0 Å². The summed E-state index contributed by atoms with van der Waals surface area (Å²) in [6.45, 7) is 0. The van der Waals surface area contributed by atoms with E-state index in [4.69, 9.17) is 17.3 Å². The van der Waals surface area contributed by atoms with E-state index < -0.39 is 0 Å². The number of rotatable bonds is 1. The van der Waals surface area contributed by atoms with Crippen molar-refractivity contribution < 1.29 is 0 Å². The van der Waals surface area contributed by atoms with Gasteiger partial charge in [-0.2, -0.15) is 0 Å². The molecular formula is C6H6BrClN2. The van der Waals surface area contributed by atoms with Crippen molar-refractivity contribution in [3.05, 3.63) is 22.8 Å². The summed E-state index contributed by atoms with van der Waals surface area (Å²) in [6, 6.07) is 1.75. The zero-order valence-corrected chi connectivity index (χ0v) is 7.48. The third-order valence-electron chi connectivity index (χ3n) is 1.10. The van der Waals surface area contributed by atoms with Crippen LogP contribution in [0.25, 0.3) is 0 Å². The minimum absolute atomic E-state index is 0.499. The van der Waals surface area contributed by atoms with E-state index in [1.165, 1.54) is 0 Å². The van der Waals surface area contributed by atoms with Gasteiger partial charge in [-0.05, 0) is 11.6 Å². The lowest BCUT2D eigenvalue weighted by Gasteiger charge is -1.98. The van der Waals surface area contributed by atoms with E-state index in [-0.39, 0.29) is 0 Å². The Morgan fingerprint density at radius 2 is 2.40 bits per heavy atom. The summed E-state index contributed by atoms with van der Waals surface area (Å²) in [6.07, 6.45) is 1.55. The van der Waals surface area contributed by atoms with Crippen LogP contribution in [-0.2, 0) is 5.33 Å². The Bertz CT molecular complexity index is 239. The molecule has 1 heterocycles. The van der Waals surface area contributed by atoms with Crippen LogP contribution in [0.3, 0.4) is 0 Å². The smallest absolute Gasteiger partial charge is 0.123 e. The Balaban J connectivity index is 3.09. The van der Waals surface area contributed by atoms with Gasteiger partial charge in [0.05, 0.1) is 5.02 Å². The molecule has 0 aromatic carbocycles. The molecule has 54 valence electrons. The summed E-state index contributed by atoms with van der Waals surface area (Å²) >= 11 is 9.02. The van der Waals surface area contributed by atoms with Gasteiger partial charge in [0.25, 0.3) is 0 Å². The fraction of sp³-hybridized carbons (Fsp3) is 0.167. The molecule has 0 spiro atoms.